The summed E-state index contributed by atoms with van der Waals surface area (Å²) in [5.74, 6) is 2.73. The topological polar surface area (TPSA) is 42.0 Å². The maximum absolute atomic E-state index is 13.1. The summed E-state index contributed by atoms with van der Waals surface area (Å²) < 4.78 is 0. The largest absolute Gasteiger partial charge is 0.352 e. The monoisotopic (exact) mass is 320 g/mol. The highest BCUT2D eigenvalue weighted by Gasteiger charge is 2.54. The first-order valence-corrected chi connectivity index (χ1v) is 9.33. The molecule has 4 bridgehead atoms. The summed E-state index contributed by atoms with van der Waals surface area (Å²) in [6.45, 7) is 0.615. The Labute approximate surface area is 142 Å². The summed E-state index contributed by atoms with van der Waals surface area (Å²) in [4.78, 5) is 17.5. The van der Waals surface area contributed by atoms with Crippen molar-refractivity contribution in [2.24, 2.45) is 23.2 Å². The molecule has 3 nitrogen and oxygen atoms in total. The van der Waals surface area contributed by atoms with Gasteiger partial charge in [-0.05, 0) is 74.0 Å². The molecule has 4 aliphatic carbocycles. The summed E-state index contributed by atoms with van der Waals surface area (Å²) in [5.41, 5.74) is 2.11. The molecule has 3 heteroatoms. The second kappa shape index (κ2) is 5.30. The highest BCUT2D eigenvalue weighted by Crippen LogP contribution is 2.60. The number of pyridine rings is 1. The molecule has 1 N–H and O–H groups in total. The van der Waals surface area contributed by atoms with Crippen molar-refractivity contribution in [3.63, 3.8) is 0 Å². The first-order chi connectivity index (χ1) is 11.7. The molecule has 1 aromatic heterocycles. The lowest BCUT2D eigenvalue weighted by atomic mass is 9.49. The Morgan fingerprint density at radius 3 is 2.46 bits per heavy atom. The number of nitrogens with one attached hydrogen (secondary N) is 1. The first kappa shape index (κ1) is 14.4. The number of aromatic nitrogens is 1. The second-order valence-corrected chi connectivity index (χ2v) is 8.37. The van der Waals surface area contributed by atoms with Gasteiger partial charge in [-0.15, -0.1) is 0 Å². The summed E-state index contributed by atoms with van der Waals surface area (Å²) in [6, 6.07) is 10.2. The molecule has 1 aromatic carbocycles. The Bertz CT molecular complexity index is 757. The maximum Gasteiger partial charge on any atom is 0.226 e. The van der Waals surface area contributed by atoms with E-state index >= 15 is 0 Å². The van der Waals surface area contributed by atoms with Gasteiger partial charge in [-0.25, -0.2) is 0 Å². The molecule has 0 aliphatic heterocycles. The van der Waals surface area contributed by atoms with E-state index in [1.165, 1.54) is 24.8 Å². The minimum absolute atomic E-state index is 0.0580. The van der Waals surface area contributed by atoms with Gasteiger partial charge >= 0.3 is 0 Å². The Kier molecular flexibility index (Phi) is 3.19. The van der Waals surface area contributed by atoms with Gasteiger partial charge in [0.25, 0.3) is 0 Å². The van der Waals surface area contributed by atoms with Crippen molar-refractivity contribution in [3.8, 4) is 0 Å². The van der Waals surface area contributed by atoms with E-state index in [1.807, 2.05) is 24.4 Å². The molecule has 0 atom stereocenters. The van der Waals surface area contributed by atoms with Crippen molar-refractivity contribution in [1.82, 2.24) is 10.3 Å². The molecule has 4 saturated carbocycles. The third-order valence-electron chi connectivity index (χ3n) is 6.70. The SMILES string of the molecule is O=C(NCc1cccc2ncccc12)C12CC3CC(CC(C3)C1)C2. The molecule has 0 radical (unpaired) electrons. The van der Waals surface area contributed by atoms with Crippen LogP contribution in [0.4, 0.5) is 0 Å². The van der Waals surface area contributed by atoms with Crippen molar-refractivity contribution < 1.29 is 4.79 Å². The molecule has 2 aromatic rings. The quantitative estimate of drug-likeness (QED) is 0.926. The number of amides is 1. The minimum Gasteiger partial charge on any atom is -0.352 e. The Morgan fingerprint density at radius 2 is 1.75 bits per heavy atom. The average Bonchev–Trinajstić information content (AvgIpc) is 2.58. The number of benzene rings is 1. The maximum atomic E-state index is 13.1. The van der Waals surface area contributed by atoms with Crippen LogP contribution in [0.3, 0.4) is 0 Å². The van der Waals surface area contributed by atoms with Crippen LogP contribution < -0.4 is 5.32 Å². The van der Waals surface area contributed by atoms with Gasteiger partial charge in [-0.3, -0.25) is 9.78 Å². The molecule has 1 amide bonds. The zero-order valence-corrected chi connectivity index (χ0v) is 14.0. The van der Waals surface area contributed by atoms with Crippen LogP contribution in [-0.2, 0) is 11.3 Å². The van der Waals surface area contributed by atoms with Gasteiger partial charge in [0.15, 0.2) is 0 Å². The molecule has 0 unspecified atom stereocenters. The van der Waals surface area contributed by atoms with Gasteiger partial charge in [0.2, 0.25) is 5.91 Å². The van der Waals surface area contributed by atoms with Crippen LogP contribution in [-0.4, -0.2) is 10.9 Å². The lowest BCUT2D eigenvalue weighted by molar-refractivity contribution is -0.146. The zero-order chi connectivity index (χ0) is 16.1. The normalized spacial score (nSPS) is 33.8. The molecule has 4 aliphatic rings. The number of nitrogens with zero attached hydrogens (tertiary/aromatic N) is 1. The van der Waals surface area contributed by atoms with Gasteiger partial charge in [-0.2, -0.15) is 0 Å². The van der Waals surface area contributed by atoms with Crippen molar-refractivity contribution in [2.75, 3.05) is 0 Å². The molecule has 0 saturated heterocycles. The zero-order valence-electron chi connectivity index (χ0n) is 14.0. The van der Waals surface area contributed by atoms with Gasteiger partial charge in [0.05, 0.1) is 5.52 Å². The van der Waals surface area contributed by atoms with Crippen LogP contribution in [0, 0.1) is 23.2 Å². The molecular formula is C21H24N2O. The minimum atomic E-state index is -0.0580. The van der Waals surface area contributed by atoms with Gasteiger partial charge in [-0.1, -0.05) is 18.2 Å². The van der Waals surface area contributed by atoms with E-state index in [4.69, 9.17) is 0 Å². The van der Waals surface area contributed by atoms with Crippen molar-refractivity contribution >= 4 is 16.8 Å². The van der Waals surface area contributed by atoms with E-state index < -0.39 is 0 Å². The van der Waals surface area contributed by atoms with Crippen LogP contribution >= 0.6 is 0 Å². The molecule has 0 spiro atoms. The lowest BCUT2D eigenvalue weighted by Gasteiger charge is -2.55. The average molecular weight is 320 g/mol. The molecule has 124 valence electrons. The van der Waals surface area contributed by atoms with Crippen molar-refractivity contribution in [1.29, 1.82) is 0 Å². The number of carbonyl (C=O) groups excluding carboxylic acids is 1. The molecule has 24 heavy (non-hydrogen) atoms. The fourth-order valence-corrected chi connectivity index (χ4v) is 6.07. The van der Waals surface area contributed by atoms with E-state index in [0.717, 1.165) is 47.9 Å². The number of hydrogen-bond acceptors (Lipinski definition) is 2. The number of rotatable bonds is 3. The van der Waals surface area contributed by atoms with E-state index in [0.29, 0.717) is 12.5 Å². The molecular weight excluding hydrogens is 296 g/mol. The van der Waals surface area contributed by atoms with Gasteiger partial charge < -0.3 is 5.32 Å². The summed E-state index contributed by atoms with van der Waals surface area (Å²) in [7, 11) is 0. The van der Waals surface area contributed by atoms with Crippen LogP contribution in [0.25, 0.3) is 10.9 Å². The summed E-state index contributed by atoms with van der Waals surface area (Å²) >= 11 is 0. The third-order valence-corrected chi connectivity index (χ3v) is 6.70. The smallest absolute Gasteiger partial charge is 0.226 e. The van der Waals surface area contributed by atoms with E-state index in [-0.39, 0.29) is 5.41 Å². The predicted molar refractivity (Wildman–Crippen MR) is 94.2 cm³/mol. The number of carbonyl (C=O) groups is 1. The molecule has 1 heterocycles. The number of fused-ring (bicyclic) bond motifs is 1. The fourth-order valence-electron chi connectivity index (χ4n) is 6.07. The van der Waals surface area contributed by atoms with Crippen LogP contribution in [0.5, 0.6) is 0 Å². The highest BCUT2D eigenvalue weighted by molar-refractivity contribution is 5.85. The van der Waals surface area contributed by atoms with Gasteiger partial charge in [0, 0.05) is 23.5 Å². The van der Waals surface area contributed by atoms with Crippen LogP contribution in [0.2, 0.25) is 0 Å². The Hall–Kier alpha value is -1.90. The summed E-state index contributed by atoms with van der Waals surface area (Å²) in [5, 5.41) is 4.43. The molecule has 6 rings (SSSR count). The van der Waals surface area contributed by atoms with Crippen LogP contribution in [0.1, 0.15) is 44.1 Å². The number of hydrogen-bond donors (Lipinski definition) is 1. The van der Waals surface area contributed by atoms with E-state index in [9.17, 15) is 4.79 Å². The Morgan fingerprint density at radius 1 is 1.04 bits per heavy atom. The molecule has 4 fully saturated rings. The lowest BCUT2D eigenvalue weighted by Crippen LogP contribution is -2.53. The second-order valence-electron chi connectivity index (χ2n) is 8.37. The van der Waals surface area contributed by atoms with Gasteiger partial charge in [0.1, 0.15) is 0 Å². The first-order valence-electron chi connectivity index (χ1n) is 9.33. The van der Waals surface area contributed by atoms with Crippen molar-refractivity contribution in [2.45, 2.75) is 45.1 Å². The van der Waals surface area contributed by atoms with Crippen LogP contribution in [0.15, 0.2) is 36.5 Å². The standard InChI is InChI=1S/C21H24N2O/c24-20(21-10-14-7-15(11-21)9-16(8-14)12-21)23-13-17-3-1-5-19-18(17)4-2-6-22-19/h1-6,14-16H,7-13H2,(H,23,24). The Balaban J connectivity index is 1.36. The van der Waals surface area contributed by atoms with E-state index in [1.54, 1.807) is 0 Å². The third kappa shape index (κ3) is 2.25. The fraction of sp³-hybridized carbons (Fsp3) is 0.524. The predicted octanol–water partition coefficient (Wildman–Crippen LogP) is 4.07. The highest BCUT2D eigenvalue weighted by atomic mass is 16.2. The van der Waals surface area contributed by atoms with Crippen molar-refractivity contribution in [3.05, 3.63) is 42.1 Å². The summed E-state index contributed by atoms with van der Waals surface area (Å²) in [6.07, 6.45) is 9.33. The van der Waals surface area contributed by atoms with E-state index in [2.05, 4.69) is 22.4 Å².